The highest BCUT2D eigenvalue weighted by molar-refractivity contribution is 7.99. The van der Waals surface area contributed by atoms with Crippen molar-refractivity contribution in [2.24, 2.45) is 0 Å². The molecular formula is C16H25NO4S. The van der Waals surface area contributed by atoms with Gasteiger partial charge in [0.25, 0.3) is 0 Å². The second kappa shape index (κ2) is 9.02. The fraction of sp³-hybridized carbons (Fsp3) is 0.562. The number of thioether (sulfide) groups is 1. The first kappa shape index (κ1) is 18.8. The molecule has 1 aromatic carbocycles. The highest BCUT2D eigenvalue weighted by atomic mass is 32.2. The van der Waals surface area contributed by atoms with Crippen molar-refractivity contribution in [1.29, 1.82) is 0 Å². The van der Waals surface area contributed by atoms with Gasteiger partial charge in [-0.2, -0.15) is 0 Å². The quantitative estimate of drug-likeness (QED) is 0.670. The van der Waals surface area contributed by atoms with Gasteiger partial charge in [-0.3, -0.25) is 0 Å². The first-order valence-corrected chi connectivity index (χ1v) is 8.26. The number of ether oxygens (including phenoxy) is 1. The van der Waals surface area contributed by atoms with E-state index in [4.69, 9.17) is 9.84 Å². The standard InChI is InChI=1S/C16H25NO4S/c1-16(2,3)21-15(20)17-13(14(19)9-10-18)11-22-12-7-5-4-6-8-12/h4-8,13-14,18-19H,9-11H2,1-3H3,(H,17,20). The predicted molar refractivity (Wildman–Crippen MR) is 88.0 cm³/mol. The topological polar surface area (TPSA) is 78.8 Å². The number of aliphatic hydroxyl groups excluding tert-OH is 2. The largest absolute Gasteiger partial charge is 0.444 e. The molecule has 1 amide bonds. The van der Waals surface area contributed by atoms with Crippen LogP contribution < -0.4 is 5.32 Å². The van der Waals surface area contributed by atoms with Gasteiger partial charge in [0.1, 0.15) is 5.60 Å². The summed E-state index contributed by atoms with van der Waals surface area (Å²) in [6.07, 6.45) is -1.19. The van der Waals surface area contributed by atoms with Gasteiger partial charge >= 0.3 is 6.09 Å². The zero-order valence-corrected chi connectivity index (χ0v) is 14.1. The van der Waals surface area contributed by atoms with Crippen molar-refractivity contribution in [3.05, 3.63) is 30.3 Å². The normalized spacial score (nSPS) is 14.2. The smallest absolute Gasteiger partial charge is 0.407 e. The molecule has 0 spiro atoms. The van der Waals surface area contributed by atoms with Crippen molar-refractivity contribution >= 4 is 17.9 Å². The maximum absolute atomic E-state index is 11.9. The molecular weight excluding hydrogens is 302 g/mol. The molecule has 0 aliphatic rings. The van der Waals surface area contributed by atoms with Crippen molar-refractivity contribution < 1.29 is 19.7 Å². The number of benzene rings is 1. The van der Waals surface area contributed by atoms with E-state index >= 15 is 0 Å². The van der Waals surface area contributed by atoms with Crippen LogP contribution in [0.5, 0.6) is 0 Å². The number of carbonyl (C=O) groups is 1. The van der Waals surface area contributed by atoms with E-state index in [-0.39, 0.29) is 13.0 Å². The summed E-state index contributed by atoms with van der Waals surface area (Å²) in [7, 11) is 0. The molecule has 0 fully saturated rings. The lowest BCUT2D eigenvalue weighted by Crippen LogP contribution is -2.47. The average molecular weight is 327 g/mol. The molecule has 0 saturated heterocycles. The molecule has 0 bridgehead atoms. The molecule has 1 aromatic rings. The predicted octanol–water partition coefficient (Wildman–Crippen LogP) is 2.42. The monoisotopic (exact) mass is 327 g/mol. The highest BCUT2D eigenvalue weighted by Gasteiger charge is 2.24. The lowest BCUT2D eigenvalue weighted by atomic mass is 10.1. The van der Waals surface area contributed by atoms with Crippen LogP contribution >= 0.6 is 11.8 Å². The van der Waals surface area contributed by atoms with Crippen LogP contribution in [0.4, 0.5) is 4.79 Å². The average Bonchev–Trinajstić information content (AvgIpc) is 2.42. The lowest BCUT2D eigenvalue weighted by molar-refractivity contribution is 0.0413. The van der Waals surface area contributed by atoms with Gasteiger partial charge in [0, 0.05) is 17.3 Å². The van der Waals surface area contributed by atoms with E-state index in [2.05, 4.69) is 5.32 Å². The third-order valence-electron chi connectivity index (χ3n) is 2.76. The lowest BCUT2D eigenvalue weighted by Gasteiger charge is -2.26. The number of carbonyl (C=O) groups excluding carboxylic acids is 1. The molecule has 124 valence electrons. The SMILES string of the molecule is CC(C)(C)OC(=O)NC(CSc1ccccc1)C(O)CCO. The fourth-order valence-corrected chi connectivity index (χ4v) is 2.77. The van der Waals surface area contributed by atoms with Crippen LogP contribution in [0.15, 0.2) is 35.2 Å². The van der Waals surface area contributed by atoms with Gasteiger partial charge in [-0.25, -0.2) is 4.79 Å². The molecule has 2 atom stereocenters. The second-order valence-corrected chi connectivity index (χ2v) is 7.05. The zero-order valence-electron chi connectivity index (χ0n) is 13.3. The third kappa shape index (κ3) is 7.68. The summed E-state index contributed by atoms with van der Waals surface area (Å²) < 4.78 is 5.22. The van der Waals surface area contributed by atoms with Crippen molar-refractivity contribution in [2.45, 2.75) is 49.8 Å². The van der Waals surface area contributed by atoms with E-state index < -0.39 is 23.8 Å². The minimum absolute atomic E-state index is 0.135. The van der Waals surface area contributed by atoms with Gasteiger partial charge in [0.15, 0.2) is 0 Å². The molecule has 2 unspecified atom stereocenters. The Morgan fingerprint density at radius 1 is 1.32 bits per heavy atom. The molecule has 0 saturated carbocycles. The first-order valence-electron chi connectivity index (χ1n) is 7.28. The number of rotatable bonds is 7. The maximum atomic E-state index is 11.9. The summed E-state index contributed by atoms with van der Waals surface area (Å²) in [4.78, 5) is 12.9. The molecule has 0 radical (unpaired) electrons. The Morgan fingerprint density at radius 3 is 2.50 bits per heavy atom. The maximum Gasteiger partial charge on any atom is 0.407 e. The van der Waals surface area contributed by atoms with Gasteiger partial charge in [-0.15, -0.1) is 11.8 Å². The number of nitrogens with one attached hydrogen (secondary N) is 1. The summed E-state index contributed by atoms with van der Waals surface area (Å²) >= 11 is 1.53. The fourth-order valence-electron chi connectivity index (χ4n) is 1.74. The Morgan fingerprint density at radius 2 is 1.95 bits per heavy atom. The van der Waals surface area contributed by atoms with E-state index in [9.17, 15) is 9.90 Å². The molecule has 1 rings (SSSR count). The van der Waals surface area contributed by atoms with Crippen LogP contribution in [0.1, 0.15) is 27.2 Å². The summed E-state index contributed by atoms with van der Waals surface area (Å²) in [5.41, 5.74) is -0.594. The number of hydrogen-bond acceptors (Lipinski definition) is 5. The first-order chi connectivity index (χ1) is 10.3. The number of aliphatic hydroxyl groups is 2. The Labute approximate surface area is 136 Å². The van der Waals surface area contributed by atoms with E-state index in [1.54, 1.807) is 20.8 Å². The van der Waals surface area contributed by atoms with Gasteiger partial charge in [0.05, 0.1) is 12.1 Å². The third-order valence-corrected chi connectivity index (χ3v) is 3.90. The summed E-state index contributed by atoms with van der Waals surface area (Å²) in [6, 6.07) is 9.24. The van der Waals surface area contributed by atoms with E-state index in [0.717, 1.165) is 4.90 Å². The highest BCUT2D eigenvalue weighted by Crippen LogP contribution is 2.20. The minimum Gasteiger partial charge on any atom is -0.444 e. The van der Waals surface area contributed by atoms with Gasteiger partial charge in [-0.1, -0.05) is 18.2 Å². The van der Waals surface area contributed by atoms with Crippen molar-refractivity contribution in [3.8, 4) is 0 Å². The Hall–Kier alpha value is -1.24. The van der Waals surface area contributed by atoms with Crippen molar-refractivity contribution in [1.82, 2.24) is 5.32 Å². The van der Waals surface area contributed by atoms with Crippen LogP contribution in [-0.2, 0) is 4.74 Å². The molecule has 0 aliphatic carbocycles. The Balaban J connectivity index is 2.61. The summed E-state index contributed by atoms with van der Waals surface area (Å²) in [6.45, 7) is 5.21. The zero-order chi connectivity index (χ0) is 16.6. The number of alkyl carbamates (subject to hydrolysis) is 1. The molecule has 0 aromatic heterocycles. The van der Waals surface area contributed by atoms with Crippen molar-refractivity contribution in [3.63, 3.8) is 0 Å². The Kier molecular flexibility index (Phi) is 7.72. The number of amides is 1. The van der Waals surface area contributed by atoms with Gasteiger partial charge in [0.2, 0.25) is 0 Å². The Bertz CT molecular complexity index is 447. The van der Waals surface area contributed by atoms with Gasteiger partial charge < -0.3 is 20.3 Å². The number of hydrogen-bond donors (Lipinski definition) is 3. The summed E-state index contributed by atoms with van der Waals surface area (Å²) in [5, 5.41) is 21.8. The van der Waals surface area contributed by atoms with Crippen LogP contribution in [0.2, 0.25) is 0 Å². The molecule has 6 heteroatoms. The van der Waals surface area contributed by atoms with Crippen LogP contribution in [0.3, 0.4) is 0 Å². The van der Waals surface area contributed by atoms with Crippen LogP contribution in [0.25, 0.3) is 0 Å². The van der Waals surface area contributed by atoms with E-state index in [1.807, 2.05) is 30.3 Å². The second-order valence-electron chi connectivity index (χ2n) is 5.96. The minimum atomic E-state index is -0.825. The van der Waals surface area contributed by atoms with Gasteiger partial charge in [-0.05, 0) is 39.3 Å². The molecule has 0 heterocycles. The van der Waals surface area contributed by atoms with E-state index in [0.29, 0.717) is 5.75 Å². The molecule has 5 nitrogen and oxygen atoms in total. The summed E-state index contributed by atoms with van der Waals surface area (Å²) in [5.74, 6) is 0.490. The van der Waals surface area contributed by atoms with E-state index in [1.165, 1.54) is 11.8 Å². The van der Waals surface area contributed by atoms with Crippen molar-refractivity contribution in [2.75, 3.05) is 12.4 Å². The van der Waals surface area contributed by atoms with Crippen LogP contribution in [-0.4, -0.2) is 46.4 Å². The molecule has 3 N–H and O–H groups in total. The molecule has 0 aliphatic heterocycles. The molecule has 22 heavy (non-hydrogen) atoms. The van der Waals surface area contributed by atoms with Crippen LogP contribution in [0, 0.1) is 0 Å².